The summed E-state index contributed by atoms with van der Waals surface area (Å²) in [4.78, 5) is 22.6. The molecule has 0 aromatic heterocycles. The second-order valence-corrected chi connectivity index (χ2v) is 8.56. The molecule has 0 aromatic rings. The number of nitrogens with zero attached hydrogens (tertiary/aromatic N) is 1. The van der Waals surface area contributed by atoms with Crippen molar-refractivity contribution in [2.45, 2.75) is 81.1 Å². The van der Waals surface area contributed by atoms with Crippen molar-refractivity contribution in [1.82, 2.24) is 5.43 Å². The van der Waals surface area contributed by atoms with Gasteiger partial charge in [0, 0.05) is 44.5 Å². The van der Waals surface area contributed by atoms with E-state index in [4.69, 9.17) is 0 Å². The van der Waals surface area contributed by atoms with E-state index in [1.54, 1.807) is 6.92 Å². The molecular weight excluding hydrogens is 389 g/mol. The third-order valence-electron chi connectivity index (χ3n) is 3.10. The molecule has 0 aliphatic carbocycles. The predicted molar refractivity (Wildman–Crippen MR) is 104 cm³/mol. The molecule has 25 heavy (non-hydrogen) atoms. The molecule has 4 nitrogen and oxygen atoms in total. The second-order valence-electron chi connectivity index (χ2n) is 8.56. The topological polar surface area (TPSA) is 58.5 Å². The average molecular weight is 427 g/mol. The number of unbranched alkanes of at least 4 members (excludes halogenated alkanes) is 1. The zero-order chi connectivity index (χ0) is 19.6. The Morgan fingerprint density at radius 2 is 1.60 bits per heavy atom. The molecule has 0 aromatic carbocycles. The van der Waals surface area contributed by atoms with Gasteiger partial charge in [-0.05, 0) is 11.8 Å². The second kappa shape index (κ2) is 13.9. The molecule has 1 N–H and O–H groups in total. The number of ketones is 1. The van der Waals surface area contributed by atoms with Crippen LogP contribution in [0, 0.1) is 30.6 Å². The molecule has 0 saturated carbocycles. The number of hydrogen-bond acceptors (Lipinski definition) is 3. The van der Waals surface area contributed by atoms with E-state index in [2.05, 4.69) is 45.1 Å². The van der Waals surface area contributed by atoms with Gasteiger partial charge in [0.15, 0.2) is 0 Å². The summed E-state index contributed by atoms with van der Waals surface area (Å²) < 4.78 is 0. The van der Waals surface area contributed by atoms with Crippen LogP contribution in [0.15, 0.2) is 5.10 Å². The molecule has 0 bridgehead atoms. The average Bonchev–Trinajstić information content (AvgIpc) is 2.39. The van der Waals surface area contributed by atoms with Crippen molar-refractivity contribution in [3.8, 4) is 0 Å². The molecule has 1 unspecified atom stereocenters. The van der Waals surface area contributed by atoms with Gasteiger partial charge in [0.25, 0.3) is 0 Å². The third-order valence-corrected chi connectivity index (χ3v) is 3.10. The Balaban J connectivity index is -0.000000377. The van der Waals surface area contributed by atoms with Gasteiger partial charge >= 0.3 is 0 Å². The van der Waals surface area contributed by atoms with E-state index in [0.717, 1.165) is 19.3 Å². The fourth-order valence-electron chi connectivity index (χ4n) is 2.00. The maximum absolute atomic E-state index is 11.8. The summed E-state index contributed by atoms with van der Waals surface area (Å²) >= 11 is 0. The monoisotopic (exact) mass is 427 g/mol. The molecule has 1 amide bonds. The Morgan fingerprint density at radius 1 is 1.12 bits per heavy atom. The van der Waals surface area contributed by atoms with Crippen LogP contribution < -0.4 is 5.43 Å². The van der Waals surface area contributed by atoms with Crippen LogP contribution in [-0.4, -0.2) is 17.4 Å². The van der Waals surface area contributed by atoms with Crippen molar-refractivity contribution in [3.63, 3.8) is 0 Å². The maximum atomic E-state index is 11.8. The van der Waals surface area contributed by atoms with Gasteiger partial charge in [0.1, 0.15) is 5.78 Å². The fraction of sp³-hybridized carbons (Fsp3) is 0.750. The Labute approximate surface area is 181 Å². The van der Waals surface area contributed by atoms with E-state index < -0.39 is 0 Å². The summed E-state index contributed by atoms with van der Waals surface area (Å²) in [5, 5.41) is 3.68. The van der Waals surface area contributed by atoms with Crippen LogP contribution in [0.25, 0.3) is 0 Å². The van der Waals surface area contributed by atoms with E-state index in [1.807, 2.05) is 27.7 Å². The number of hydrazone groups is 1. The minimum atomic E-state index is -0.252. The summed E-state index contributed by atoms with van der Waals surface area (Å²) in [5.41, 5.74) is 2.96. The number of carbonyl (C=O) groups is 2. The summed E-state index contributed by atoms with van der Waals surface area (Å²) in [6, 6.07) is 0. The Morgan fingerprint density at radius 3 is 1.92 bits per heavy atom. The van der Waals surface area contributed by atoms with Gasteiger partial charge in [0.05, 0.1) is 0 Å². The van der Waals surface area contributed by atoms with Crippen molar-refractivity contribution < 1.29 is 42.3 Å². The van der Waals surface area contributed by atoms with Crippen LogP contribution in [0.4, 0.5) is 0 Å². The van der Waals surface area contributed by atoms with Crippen LogP contribution in [0.5, 0.6) is 0 Å². The normalized spacial score (nSPS) is 13.1. The SMILES string of the molecule is [CH2-]/C(C)=N\NC(=O)CCCC.[CH2-]C(CC(C)(C)C)C(=O)C(C)(C)C.[Y]. The van der Waals surface area contributed by atoms with Gasteiger partial charge in [-0.15, -0.1) is 11.6 Å². The molecular formula is C20H38N2O2Y-2. The first-order chi connectivity index (χ1) is 10.7. The summed E-state index contributed by atoms with van der Waals surface area (Å²) in [7, 11) is 0. The van der Waals surface area contributed by atoms with E-state index in [1.165, 1.54) is 0 Å². The van der Waals surface area contributed by atoms with Crippen molar-refractivity contribution >= 4 is 17.4 Å². The largest absolute Gasteiger partial charge is 0.359 e. The molecule has 1 atom stereocenters. The summed E-state index contributed by atoms with van der Waals surface area (Å²) in [6.45, 7) is 23.5. The molecule has 0 rings (SSSR count). The molecule has 0 fully saturated rings. The number of rotatable bonds is 6. The first kappa shape index (κ1) is 29.5. The minimum absolute atomic E-state index is 0. The predicted octanol–water partition coefficient (Wildman–Crippen LogP) is 4.99. The van der Waals surface area contributed by atoms with E-state index >= 15 is 0 Å². The van der Waals surface area contributed by atoms with Gasteiger partial charge in [-0.3, -0.25) is 4.79 Å². The number of nitrogens with one attached hydrogen (secondary N) is 1. The molecule has 0 aliphatic rings. The van der Waals surface area contributed by atoms with Crippen molar-refractivity contribution in [3.05, 3.63) is 13.8 Å². The number of amides is 1. The van der Waals surface area contributed by atoms with Crippen molar-refractivity contribution in [2.24, 2.45) is 21.8 Å². The number of Topliss-reactive ketones (excluding diaryl/α,β-unsaturated/α-hetero) is 1. The van der Waals surface area contributed by atoms with E-state index in [0.29, 0.717) is 12.1 Å². The van der Waals surface area contributed by atoms with Crippen LogP contribution in [-0.2, 0) is 42.3 Å². The van der Waals surface area contributed by atoms with Gasteiger partial charge in [-0.25, -0.2) is 10.5 Å². The molecule has 0 saturated heterocycles. The van der Waals surface area contributed by atoms with Crippen LogP contribution in [0.1, 0.15) is 81.1 Å². The minimum Gasteiger partial charge on any atom is -0.359 e. The van der Waals surface area contributed by atoms with Crippen molar-refractivity contribution in [1.29, 1.82) is 0 Å². The first-order valence-electron chi connectivity index (χ1n) is 8.73. The molecule has 1 radical (unpaired) electrons. The smallest absolute Gasteiger partial charge is 0.239 e. The van der Waals surface area contributed by atoms with Crippen LogP contribution in [0.2, 0.25) is 0 Å². The van der Waals surface area contributed by atoms with Crippen LogP contribution in [0.3, 0.4) is 0 Å². The van der Waals surface area contributed by atoms with Gasteiger partial charge in [0.2, 0.25) is 5.91 Å². The first-order valence-corrected chi connectivity index (χ1v) is 8.73. The Kier molecular flexibility index (Phi) is 16.4. The van der Waals surface area contributed by atoms with Crippen LogP contribution >= 0.6 is 0 Å². The standard InChI is InChI=1S/C12H23O.C8H15N2O.Y/c1-9(8-11(2,3)4)10(13)12(5,6)7;1-4-5-6-8(11)10-9-7(2)3;/h9H,1,8H2,2-7H3;2,4-6H2,1,3H3,(H,10,11);/q2*-1;/b;9-7+;. The molecule has 145 valence electrons. The maximum Gasteiger partial charge on any atom is 0.239 e. The third kappa shape index (κ3) is 20.0. The van der Waals surface area contributed by atoms with Gasteiger partial charge in [-0.2, -0.15) is 0 Å². The molecule has 0 aliphatic heterocycles. The Hall–Kier alpha value is -0.216. The summed E-state index contributed by atoms with van der Waals surface area (Å²) in [6.07, 6.45) is 3.36. The number of carbonyl (C=O) groups excluding carboxylic acids is 2. The fourth-order valence-corrected chi connectivity index (χ4v) is 2.00. The molecule has 0 heterocycles. The van der Waals surface area contributed by atoms with Gasteiger partial charge < -0.3 is 18.6 Å². The molecule has 0 spiro atoms. The Bertz CT molecular complexity index is 414. The zero-order valence-electron chi connectivity index (χ0n) is 17.7. The zero-order valence-corrected chi connectivity index (χ0v) is 20.5. The molecule has 5 heteroatoms. The van der Waals surface area contributed by atoms with E-state index in [-0.39, 0.29) is 61.1 Å². The van der Waals surface area contributed by atoms with E-state index in [9.17, 15) is 9.59 Å². The van der Waals surface area contributed by atoms with Crippen molar-refractivity contribution in [2.75, 3.05) is 0 Å². The number of hydrogen-bond donors (Lipinski definition) is 1. The summed E-state index contributed by atoms with van der Waals surface area (Å²) in [5.74, 6) is 0.164. The quantitative estimate of drug-likeness (QED) is 0.369. The van der Waals surface area contributed by atoms with Gasteiger partial charge in [-0.1, -0.05) is 68.2 Å².